The fourth-order valence-electron chi connectivity index (χ4n) is 2.12. The molecule has 0 aliphatic carbocycles. The number of aromatic nitrogens is 1. The fraction of sp³-hybridized carbons (Fsp3) is 0.533. The Morgan fingerprint density at radius 3 is 2.90 bits per heavy atom. The molecular weight excluding hydrogens is 270 g/mol. The van der Waals surface area contributed by atoms with Crippen LogP contribution in [0.15, 0.2) is 18.3 Å². The van der Waals surface area contributed by atoms with Gasteiger partial charge in [0.1, 0.15) is 0 Å². The largest absolute Gasteiger partial charge is 0.475 e. The second kappa shape index (κ2) is 7.06. The molecule has 1 atom stereocenters. The molecule has 2 amide bonds. The van der Waals surface area contributed by atoms with Crippen molar-refractivity contribution in [2.24, 2.45) is 5.92 Å². The third-order valence-corrected chi connectivity index (χ3v) is 3.26. The summed E-state index contributed by atoms with van der Waals surface area (Å²) < 4.78 is 5.46. The zero-order chi connectivity index (χ0) is 15.2. The lowest BCUT2D eigenvalue weighted by molar-refractivity contribution is -0.129. The summed E-state index contributed by atoms with van der Waals surface area (Å²) in [5, 5.41) is 5.58. The SMILES string of the molecule is CC(C)Oc1ccc(CNC(=O)[C@H]2CCC(=O)NC2)cn1. The van der Waals surface area contributed by atoms with Crippen LogP contribution in [0.25, 0.3) is 0 Å². The third-order valence-electron chi connectivity index (χ3n) is 3.26. The Bertz CT molecular complexity index is 489. The average Bonchev–Trinajstić information content (AvgIpc) is 2.46. The lowest BCUT2D eigenvalue weighted by Crippen LogP contribution is -2.42. The van der Waals surface area contributed by atoms with E-state index in [4.69, 9.17) is 4.74 Å². The van der Waals surface area contributed by atoms with Gasteiger partial charge in [0.15, 0.2) is 0 Å². The minimum Gasteiger partial charge on any atom is -0.475 e. The monoisotopic (exact) mass is 291 g/mol. The highest BCUT2D eigenvalue weighted by Gasteiger charge is 2.23. The maximum absolute atomic E-state index is 12.0. The van der Waals surface area contributed by atoms with Crippen LogP contribution in [0.2, 0.25) is 0 Å². The van der Waals surface area contributed by atoms with Crippen molar-refractivity contribution >= 4 is 11.8 Å². The van der Waals surface area contributed by atoms with Crippen LogP contribution < -0.4 is 15.4 Å². The van der Waals surface area contributed by atoms with Crippen molar-refractivity contribution < 1.29 is 14.3 Å². The quantitative estimate of drug-likeness (QED) is 0.848. The molecule has 6 nitrogen and oxygen atoms in total. The van der Waals surface area contributed by atoms with Gasteiger partial charge in [-0.05, 0) is 25.8 Å². The van der Waals surface area contributed by atoms with Crippen molar-refractivity contribution in [1.82, 2.24) is 15.6 Å². The van der Waals surface area contributed by atoms with Crippen LogP contribution in [0.1, 0.15) is 32.3 Å². The highest BCUT2D eigenvalue weighted by molar-refractivity contribution is 5.83. The van der Waals surface area contributed by atoms with E-state index in [-0.39, 0.29) is 23.8 Å². The van der Waals surface area contributed by atoms with Crippen LogP contribution in [0, 0.1) is 5.92 Å². The van der Waals surface area contributed by atoms with Crippen LogP contribution >= 0.6 is 0 Å². The van der Waals surface area contributed by atoms with Crippen molar-refractivity contribution in [2.45, 2.75) is 39.3 Å². The normalized spacial score (nSPS) is 18.2. The first-order chi connectivity index (χ1) is 10.0. The summed E-state index contributed by atoms with van der Waals surface area (Å²) in [6.45, 7) is 4.74. The third kappa shape index (κ3) is 4.73. The number of pyridine rings is 1. The van der Waals surface area contributed by atoms with Gasteiger partial charge in [0.05, 0.1) is 12.0 Å². The van der Waals surface area contributed by atoms with E-state index in [1.807, 2.05) is 19.9 Å². The number of piperidine rings is 1. The van der Waals surface area contributed by atoms with Gasteiger partial charge in [-0.25, -0.2) is 4.98 Å². The first-order valence-electron chi connectivity index (χ1n) is 7.20. The van der Waals surface area contributed by atoms with E-state index in [9.17, 15) is 9.59 Å². The van der Waals surface area contributed by atoms with Gasteiger partial charge in [-0.2, -0.15) is 0 Å². The second-order valence-corrected chi connectivity index (χ2v) is 5.43. The molecule has 0 aromatic carbocycles. The van der Waals surface area contributed by atoms with E-state index in [1.54, 1.807) is 12.3 Å². The van der Waals surface area contributed by atoms with Crippen molar-refractivity contribution in [3.05, 3.63) is 23.9 Å². The second-order valence-electron chi connectivity index (χ2n) is 5.43. The number of nitrogens with one attached hydrogen (secondary N) is 2. The molecule has 0 spiro atoms. The van der Waals surface area contributed by atoms with Crippen molar-refractivity contribution in [3.63, 3.8) is 0 Å². The molecule has 1 aromatic heterocycles. The Morgan fingerprint density at radius 2 is 2.33 bits per heavy atom. The van der Waals surface area contributed by atoms with Crippen molar-refractivity contribution in [3.8, 4) is 5.88 Å². The smallest absolute Gasteiger partial charge is 0.225 e. The van der Waals surface area contributed by atoms with Crippen LogP contribution in [0.4, 0.5) is 0 Å². The molecule has 0 bridgehead atoms. The summed E-state index contributed by atoms with van der Waals surface area (Å²) >= 11 is 0. The lowest BCUT2D eigenvalue weighted by Gasteiger charge is -2.21. The van der Waals surface area contributed by atoms with Gasteiger partial charge in [0.25, 0.3) is 0 Å². The molecule has 2 rings (SSSR count). The number of carbonyl (C=O) groups excluding carboxylic acids is 2. The van der Waals surface area contributed by atoms with Gasteiger partial charge in [-0.3, -0.25) is 9.59 Å². The number of hydrogen-bond acceptors (Lipinski definition) is 4. The lowest BCUT2D eigenvalue weighted by atomic mass is 9.98. The minimum absolute atomic E-state index is 0.0176. The van der Waals surface area contributed by atoms with Gasteiger partial charge < -0.3 is 15.4 Å². The zero-order valence-corrected chi connectivity index (χ0v) is 12.4. The topological polar surface area (TPSA) is 80.3 Å². The summed E-state index contributed by atoms with van der Waals surface area (Å²) in [4.78, 5) is 27.2. The van der Waals surface area contributed by atoms with E-state index in [0.717, 1.165) is 5.56 Å². The van der Waals surface area contributed by atoms with Crippen LogP contribution in [-0.2, 0) is 16.1 Å². The molecule has 1 aliphatic rings. The molecule has 2 N–H and O–H groups in total. The summed E-state index contributed by atoms with van der Waals surface area (Å²) in [5.41, 5.74) is 0.916. The Hall–Kier alpha value is -2.11. The van der Waals surface area contributed by atoms with Gasteiger partial charge in [0.2, 0.25) is 17.7 Å². The molecule has 0 radical (unpaired) electrons. The Balaban J connectivity index is 1.79. The highest BCUT2D eigenvalue weighted by Crippen LogP contribution is 2.12. The molecule has 0 unspecified atom stereocenters. The molecule has 1 aliphatic heterocycles. The minimum atomic E-state index is -0.140. The van der Waals surface area contributed by atoms with E-state index in [0.29, 0.717) is 31.8 Å². The van der Waals surface area contributed by atoms with Gasteiger partial charge >= 0.3 is 0 Å². The Morgan fingerprint density at radius 1 is 1.52 bits per heavy atom. The fourth-order valence-corrected chi connectivity index (χ4v) is 2.12. The summed E-state index contributed by atoms with van der Waals surface area (Å²) in [7, 11) is 0. The molecule has 0 saturated carbocycles. The molecule has 114 valence electrons. The first kappa shape index (κ1) is 15.3. The molecule has 1 saturated heterocycles. The molecular formula is C15H21N3O3. The van der Waals surface area contributed by atoms with Crippen LogP contribution in [0.5, 0.6) is 5.88 Å². The number of carbonyl (C=O) groups is 2. The maximum atomic E-state index is 12.0. The van der Waals surface area contributed by atoms with E-state index >= 15 is 0 Å². The molecule has 2 heterocycles. The summed E-state index contributed by atoms with van der Waals surface area (Å²) in [5.74, 6) is 0.427. The molecule has 6 heteroatoms. The Kier molecular flexibility index (Phi) is 5.14. The first-order valence-corrected chi connectivity index (χ1v) is 7.20. The zero-order valence-electron chi connectivity index (χ0n) is 12.4. The average molecular weight is 291 g/mol. The van der Waals surface area contributed by atoms with Gasteiger partial charge in [-0.1, -0.05) is 6.07 Å². The number of ether oxygens (including phenoxy) is 1. The predicted molar refractivity (Wildman–Crippen MR) is 77.6 cm³/mol. The van der Waals surface area contributed by atoms with Gasteiger partial charge in [-0.15, -0.1) is 0 Å². The van der Waals surface area contributed by atoms with Crippen molar-refractivity contribution in [2.75, 3.05) is 6.54 Å². The van der Waals surface area contributed by atoms with Crippen LogP contribution in [0.3, 0.4) is 0 Å². The number of nitrogens with zero attached hydrogens (tertiary/aromatic N) is 1. The molecule has 1 aromatic rings. The maximum Gasteiger partial charge on any atom is 0.225 e. The number of hydrogen-bond donors (Lipinski definition) is 2. The van der Waals surface area contributed by atoms with Crippen LogP contribution in [-0.4, -0.2) is 29.4 Å². The highest BCUT2D eigenvalue weighted by atomic mass is 16.5. The van der Waals surface area contributed by atoms with E-state index in [1.165, 1.54) is 0 Å². The number of amides is 2. The standard InChI is InChI=1S/C15H21N3O3/c1-10(2)21-14-6-3-11(7-17-14)8-18-15(20)12-4-5-13(19)16-9-12/h3,6-7,10,12H,4-5,8-9H2,1-2H3,(H,16,19)(H,18,20)/t12-/m0/s1. The summed E-state index contributed by atoms with van der Waals surface area (Å²) in [6, 6.07) is 3.68. The molecule has 1 fully saturated rings. The van der Waals surface area contributed by atoms with E-state index < -0.39 is 0 Å². The van der Waals surface area contributed by atoms with Crippen molar-refractivity contribution in [1.29, 1.82) is 0 Å². The number of rotatable bonds is 5. The Labute approximate surface area is 124 Å². The summed E-state index contributed by atoms with van der Waals surface area (Å²) in [6.07, 6.45) is 2.81. The predicted octanol–water partition coefficient (Wildman–Crippen LogP) is 1.01. The van der Waals surface area contributed by atoms with E-state index in [2.05, 4.69) is 15.6 Å². The molecule has 21 heavy (non-hydrogen) atoms. The van der Waals surface area contributed by atoms with Gasteiger partial charge in [0, 0.05) is 31.8 Å².